The topological polar surface area (TPSA) is 97.4 Å². The van der Waals surface area contributed by atoms with Gasteiger partial charge in [0.15, 0.2) is 11.5 Å². The molecule has 0 spiro atoms. The fourth-order valence-corrected chi connectivity index (χ4v) is 2.79. The van der Waals surface area contributed by atoms with Gasteiger partial charge in [0.05, 0.1) is 18.2 Å². The van der Waals surface area contributed by atoms with Crippen molar-refractivity contribution in [2.24, 2.45) is 5.73 Å². The first kappa shape index (κ1) is 26.5. The second-order valence-corrected chi connectivity index (χ2v) is 6.78. The minimum absolute atomic E-state index is 0.00115. The van der Waals surface area contributed by atoms with Crippen LogP contribution in [0.2, 0.25) is 0 Å². The minimum atomic E-state index is -5.03. The van der Waals surface area contributed by atoms with Gasteiger partial charge >= 0.3 is 12.4 Å². The zero-order valence-electron chi connectivity index (χ0n) is 17.7. The molecule has 3 N–H and O–H groups in total. The lowest BCUT2D eigenvalue weighted by atomic mass is 10.0. The Hall–Kier alpha value is -3.72. The van der Waals surface area contributed by atoms with Gasteiger partial charge in [0.2, 0.25) is 0 Å². The summed E-state index contributed by atoms with van der Waals surface area (Å²) in [7, 11) is 1.26. The number of rotatable bonds is 8. The molecule has 0 heterocycles. The Morgan fingerprint density at radius 2 is 1.79 bits per heavy atom. The van der Waals surface area contributed by atoms with Crippen LogP contribution in [0.4, 0.5) is 26.3 Å². The molecule has 1 amide bonds. The van der Waals surface area contributed by atoms with E-state index in [-0.39, 0.29) is 36.2 Å². The molecule has 0 atom stereocenters. The Morgan fingerprint density at radius 3 is 2.35 bits per heavy atom. The lowest BCUT2D eigenvalue weighted by molar-refractivity contribution is -0.143. The van der Waals surface area contributed by atoms with E-state index >= 15 is 0 Å². The van der Waals surface area contributed by atoms with Crippen LogP contribution in [0, 0.1) is 11.3 Å². The summed E-state index contributed by atoms with van der Waals surface area (Å²) in [4.78, 5) is 11.9. The molecule has 0 radical (unpaired) electrons. The number of hydrogen-bond donors (Lipinski definition) is 2. The van der Waals surface area contributed by atoms with Gasteiger partial charge in [-0.3, -0.25) is 4.79 Å². The van der Waals surface area contributed by atoms with Crippen molar-refractivity contribution < 1.29 is 40.6 Å². The van der Waals surface area contributed by atoms with Gasteiger partial charge in [-0.1, -0.05) is 12.1 Å². The fourth-order valence-electron chi connectivity index (χ4n) is 2.79. The van der Waals surface area contributed by atoms with Crippen LogP contribution in [0.25, 0.3) is 6.08 Å². The van der Waals surface area contributed by atoms with Crippen LogP contribution in [-0.4, -0.2) is 26.1 Å². The quantitative estimate of drug-likeness (QED) is 0.329. The Kier molecular flexibility index (Phi) is 8.53. The molecule has 34 heavy (non-hydrogen) atoms. The van der Waals surface area contributed by atoms with Gasteiger partial charge in [-0.2, -0.15) is 31.6 Å². The number of nitrogens with zero attached hydrogens (tertiary/aromatic N) is 1. The summed E-state index contributed by atoms with van der Waals surface area (Å²) in [5, 5.41) is 11.6. The van der Waals surface area contributed by atoms with E-state index in [1.54, 1.807) is 6.07 Å². The maximum Gasteiger partial charge on any atom is 0.416 e. The summed E-state index contributed by atoms with van der Waals surface area (Å²) in [5.41, 5.74) is 2.03. The highest BCUT2D eigenvalue weighted by Gasteiger charge is 2.38. The summed E-state index contributed by atoms with van der Waals surface area (Å²) in [6, 6.07) is 7.14. The standard InChI is InChI=1S/C22H19F6N3O3/c1-33-19-9-13(8-15(11-30)20(32)31-7-6-29)2-5-18(19)34-12-14-3-4-16(21(23,24)25)10-17(14)22(26,27)28/h2-5,8-10H,6-7,12,29H2,1H3,(H,31,32). The van der Waals surface area contributed by atoms with Gasteiger partial charge in [-0.05, 0) is 35.9 Å². The van der Waals surface area contributed by atoms with E-state index in [9.17, 15) is 36.4 Å². The van der Waals surface area contributed by atoms with Gasteiger partial charge in [0, 0.05) is 18.7 Å². The van der Waals surface area contributed by atoms with Crippen molar-refractivity contribution in [2.75, 3.05) is 20.2 Å². The van der Waals surface area contributed by atoms with E-state index in [4.69, 9.17) is 15.2 Å². The normalized spacial score (nSPS) is 12.1. The number of nitrogens with one attached hydrogen (secondary N) is 1. The van der Waals surface area contributed by atoms with E-state index in [2.05, 4.69) is 5.32 Å². The highest BCUT2D eigenvalue weighted by molar-refractivity contribution is 6.01. The highest BCUT2D eigenvalue weighted by atomic mass is 19.4. The molecule has 2 rings (SSSR count). The third-order valence-corrected chi connectivity index (χ3v) is 4.42. The number of methoxy groups -OCH3 is 1. The van der Waals surface area contributed by atoms with E-state index in [0.29, 0.717) is 17.7 Å². The van der Waals surface area contributed by atoms with Gasteiger partial charge in [-0.15, -0.1) is 0 Å². The van der Waals surface area contributed by atoms with Gasteiger partial charge in [0.25, 0.3) is 5.91 Å². The largest absolute Gasteiger partial charge is 0.493 e. The molecule has 182 valence electrons. The monoisotopic (exact) mass is 487 g/mol. The molecular formula is C22H19F6N3O3. The molecule has 2 aromatic carbocycles. The molecule has 0 aliphatic carbocycles. The Morgan fingerprint density at radius 1 is 1.09 bits per heavy atom. The Bertz CT molecular complexity index is 1100. The molecule has 0 aliphatic rings. The third kappa shape index (κ3) is 6.89. The average Bonchev–Trinajstić information content (AvgIpc) is 2.78. The number of alkyl halides is 6. The van der Waals surface area contributed by atoms with E-state index in [1.165, 1.54) is 31.4 Å². The van der Waals surface area contributed by atoms with Crippen molar-refractivity contribution >= 4 is 12.0 Å². The first-order valence-electron chi connectivity index (χ1n) is 9.59. The number of amides is 1. The predicted octanol–water partition coefficient (Wildman–Crippen LogP) is 4.29. The van der Waals surface area contributed by atoms with E-state index in [0.717, 1.165) is 0 Å². The Labute approximate surface area is 190 Å². The molecule has 0 unspecified atom stereocenters. The summed E-state index contributed by atoms with van der Waals surface area (Å²) >= 11 is 0. The van der Waals surface area contributed by atoms with Crippen molar-refractivity contribution in [3.8, 4) is 17.6 Å². The molecule has 2 aromatic rings. The molecule has 0 bridgehead atoms. The molecule has 0 fully saturated rings. The lowest BCUT2D eigenvalue weighted by Crippen LogP contribution is -2.29. The maximum absolute atomic E-state index is 13.3. The molecule has 0 saturated heterocycles. The van der Waals surface area contributed by atoms with E-state index < -0.39 is 41.6 Å². The molecule has 0 aromatic heterocycles. The fraction of sp³-hybridized carbons (Fsp3) is 0.273. The van der Waals surface area contributed by atoms with Gasteiger partial charge < -0.3 is 20.5 Å². The summed E-state index contributed by atoms with van der Waals surface area (Å²) < 4.78 is 89.0. The average molecular weight is 487 g/mol. The summed E-state index contributed by atoms with van der Waals surface area (Å²) in [5.74, 6) is -0.582. The van der Waals surface area contributed by atoms with Crippen molar-refractivity contribution in [3.05, 3.63) is 64.2 Å². The van der Waals surface area contributed by atoms with Crippen LogP contribution in [0.15, 0.2) is 42.0 Å². The van der Waals surface area contributed by atoms with Crippen LogP contribution in [0.5, 0.6) is 11.5 Å². The number of benzene rings is 2. The summed E-state index contributed by atoms with van der Waals surface area (Å²) in [6.07, 6.45) is -8.71. The van der Waals surface area contributed by atoms with Crippen molar-refractivity contribution in [1.29, 1.82) is 5.26 Å². The van der Waals surface area contributed by atoms with Gasteiger partial charge in [-0.25, -0.2) is 0 Å². The molecular weight excluding hydrogens is 468 g/mol. The van der Waals surface area contributed by atoms with Gasteiger partial charge in [0.1, 0.15) is 18.2 Å². The van der Waals surface area contributed by atoms with Crippen LogP contribution in [0.1, 0.15) is 22.3 Å². The van der Waals surface area contributed by atoms with Crippen molar-refractivity contribution in [2.45, 2.75) is 19.0 Å². The zero-order valence-corrected chi connectivity index (χ0v) is 17.7. The van der Waals surface area contributed by atoms with Crippen LogP contribution in [-0.2, 0) is 23.8 Å². The first-order chi connectivity index (χ1) is 15.9. The number of nitrogens with two attached hydrogens (primary N) is 1. The lowest BCUT2D eigenvalue weighted by Gasteiger charge is -2.17. The van der Waals surface area contributed by atoms with E-state index in [1.807, 2.05) is 0 Å². The molecule has 12 heteroatoms. The second kappa shape index (κ2) is 10.9. The second-order valence-electron chi connectivity index (χ2n) is 6.78. The summed E-state index contributed by atoms with van der Waals surface area (Å²) in [6.45, 7) is -0.347. The number of hydrogen-bond acceptors (Lipinski definition) is 5. The number of halogens is 6. The smallest absolute Gasteiger partial charge is 0.416 e. The maximum atomic E-state index is 13.3. The number of ether oxygens (including phenoxy) is 2. The minimum Gasteiger partial charge on any atom is -0.493 e. The van der Waals surface area contributed by atoms with Crippen molar-refractivity contribution in [3.63, 3.8) is 0 Å². The number of nitriles is 1. The van der Waals surface area contributed by atoms with Crippen LogP contribution < -0.4 is 20.5 Å². The SMILES string of the molecule is COc1cc(C=C(C#N)C(=O)NCCN)ccc1OCc1ccc(C(F)(F)F)cc1C(F)(F)F. The Balaban J connectivity index is 2.30. The highest BCUT2D eigenvalue weighted by Crippen LogP contribution is 2.38. The zero-order chi connectivity index (χ0) is 25.5. The first-order valence-corrected chi connectivity index (χ1v) is 9.59. The molecule has 6 nitrogen and oxygen atoms in total. The number of carbonyl (C=O) groups excluding carboxylic acids is 1. The molecule has 0 aliphatic heterocycles. The number of carbonyl (C=O) groups is 1. The van der Waals surface area contributed by atoms with Crippen LogP contribution in [0.3, 0.4) is 0 Å². The predicted molar refractivity (Wildman–Crippen MR) is 109 cm³/mol. The van der Waals surface area contributed by atoms with Crippen LogP contribution >= 0.6 is 0 Å². The third-order valence-electron chi connectivity index (χ3n) is 4.42. The molecule has 0 saturated carbocycles. The van der Waals surface area contributed by atoms with Crippen molar-refractivity contribution in [1.82, 2.24) is 5.32 Å².